The SMILES string of the molecule is C.C.C.C.C.C.C.C.C.CC(C)(C)c1ccc(S(=O)(=O)Cl)cc1F.Cc1cc(C)n(-c2cccc3c2ccc[n+]3[O-])n1.Cc1cc(C)n(-c2cccc3ncccc23)n1.Cc1cc(N)n(-c2cccc3nc(NC(C)(C)C)ccc23)n1.Cc1cc(N)n(-c2cccc3ncccc23)n1.Cc1cc(NS(=O)(=O)c2ccc(C(C)(C)C)c(F)c2)n(-c2cccc3nc(NC(C)(C)C)ccc23)n1. The lowest BCUT2D eigenvalue weighted by atomic mass is 9.87. The number of halogens is 3. The molecule has 7 N–H and O–H groups in total. The molecule has 134 heavy (non-hydrogen) atoms. The summed E-state index contributed by atoms with van der Waals surface area (Å²) >= 11 is 0. The minimum atomic E-state index is -4.07. The third-order valence-corrected chi connectivity index (χ3v) is 22.2. The van der Waals surface area contributed by atoms with E-state index in [4.69, 9.17) is 32.1 Å². The van der Waals surface area contributed by atoms with Crippen LogP contribution in [0.15, 0.2) is 247 Å². The standard InChI is InChI=1S/C27H32FN5O2S.C17H21N5.C14H13N3O.C14H13N3.C13H12N4.C10H12ClFO2S.9CH4/c1-17-15-25(32-36(34,35)18-11-13-20(21(28)16-18)26(2,3)4)33(31-17)23-10-8-9-22-19(23)12-14-24(29-22)30-27(5,6)7;1-11-10-15(18)22(21-11)14-7-5-6-13-12(14)8-9-16(19-13)20-17(2,3)4;1-10-9-11(2)17(15-10)14-7-3-6-13-12(14)5-4-8-16(13)18;1-10-9-11(2)17(16-10)14-7-3-6-13-12(14)5-4-8-15-13;1-9-8-13(14)17(16-9)12-6-2-5-11-10(12)4-3-7-15-11;1-10(2,3)8-5-4-7(6-9(8)12)15(11,13)14;;;;;;;;;/h8-16,32H,1-7H3,(H,29,30);5-10H,18H2,1-4H3,(H,19,20);3-9H,1-2H3;3-9H,1-2H3;2-8H,14H2,1H3;4-6H,1-3H3;9*1H4. The van der Waals surface area contributed by atoms with Crippen LogP contribution in [-0.4, -0.2) is 96.8 Å². The number of hydrogen-bond acceptors (Lipinski definition) is 18. The Balaban J connectivity index is 0.000000420. The lowest BCUT2D eigenvalue weighted by Gasteiger charge is -2.21. The number of nitrogens with zero attached hydrogens (tertiary/aromatic N) is 15. The summed E-state index contributed by atoms with van der Waals surface area (Å²) < 4.78 is 89.0. The van der Waals surface area contributed by atoms with Gasteiger partial charge in [0.1, 0.15) is 40.7 Å². The van der Waals surface area contributed by atoms with Gasteiger partial charge in [-0.2, -0.15) is 30.2 Å². The van der Waals surface area contributed by atoms with Gasteiger partial charge in [0.15, 0.2) is 6.20 Å². The Bertz CT molecular complexity index is 6950. The Morgan fingerprint density at radius 1 is 0.373 bits per heavy atom. The second-order valence-electron chi connectivity index (χ2n) is 34.4. The minimum absolute atomic E-state index is 0. The van der Waals surface area contributed by atoms with Gasteiger partial charge in [0.05, 0.1) is 94.2 Å². The van der Waals surface area contributed by atoms with Crippen LogP contribution in [0.3, 0.4) is 0 Å². The molecule has 0 bridgehead atoms. The molecule has 0 aliphatic heterocycles. The zero-order valence-electron chi connectivity index (χ0n) is 73.4. The highest BCUT2D eigenvalue weighted by Crippen LogP contribution is 2.34. The molecule has 17 aromatic rings. The average Bonchev–Trinajstić information content (AvgIpc) is 1.25. The smallest absolute Gasteiger partial charge is 0.263 e. The molecule has 0 fully saturated rings. The third kappa shape index (κ3) is 27.6. The number of benzene rings is 7. The van der Waals surface area contributed by atoms with Crippen molar-refractivity contribution < 1.29 is 30.3 Å². The second-order valence-corrected chi connectivity index (χ2v) is 38.6. The van der Waals surface area contributed by atoms with Gasteiger partial charge in [-0.1, -0.05) is 151 Å². The van der Waals surface area contributed by atoms with Crippen LogP contribution in [0.25, 0.3) is 83.0 Å². The van der Waals surface area contributed by atoms with Crippen LogP contribution < -0.4 is 31.6 Å². The molecule has 25 nitrogen and oxygen atoms in total. The molecule has 0 aliphatic rings. The molecule has 0 radical (unpaired) electrons. The summed E-state index contributed by atoms with van der Waals surface area (Å²) in [5.41, 5.74) is 27.4. The molecule has 0 spiro atoms. The highest BCUT2D eigenvalue weighted by atomic mass is 35.7. The highest BCUT2D eigenvalue weighted by molar-refractivity contribution is 8.13. The van der Waals surface area contributed by atoms with Gasteiger partial charge in [0, 0.05) is 97.4 Å². The number of aromatic nitrogens is 15. The maximum Gasteiger partial charge on any atom is 0.263 e. The van der Waals surface area contributed by atoms with Gasteiger partial charge in [-0.15, -0.1) is 0 Å². The molecule has 0 saturated heterocycles. The summed E-state index contributed by atoms with van der Waals surface area (Å²) in [7, 11) is -2.82. The molecule has 0 unspecified atom stereocenters. The predicted molar refractivity (Wildman–Crippen MR) is 559 cm³/mol. The van der Waals surface area contributed by atoms with Crippen LogP contribution in [0, 0.1) is 65.3 Å². The number of nitrogens with one attached hydrogen (secondary N) is 3. The van der Waals surface area contributed by atoms with E-state index in [1.165, 1.54) is 35.1 Å². The fraction of sp³-hybridized carbons (Fsp3) is 0.308. The third-order valence-electron chi connectivity index (χ3n) is 19.5. The Labute approximate surface area is 797 Å². The number of nitrogen functional groups attached to an aromatic ring is 2. The largest absolute Gasteiger partial charge is 0.618 e. The molecule has 0 amide bonds. The predicted octanol–water partition coefficient (Wildman–Crippen LogP) is 26.1. The van der Waals surface area contributed by atoms with Crippen molar-refractivity contribution >= 4 is 113 Å². The quantitative estimate of drug-likeness (QED) is 0.0456. The zero-order valence-corrected chi connectivity index (χ0v) is 75.8. The van der Waals surface area contributed by atoms with Crippen molar-refractivity contribution in [3.05, 3.63) is 305 Å². The number of pyridine rings is 5. The Morgan fingerprint density at radius 2 is 0.709 bits per heavy atom. The average molecular weight is 1890 g/mol. The topological polar surface area (TPSA) is 324 Å². The van der Waals surface area contributed by atoms with Crippen LogP contribution in [-0.2, 0) is 29.9 Å². The number of sulfonamides is 1. The van der Waals surface area contributed by atoms with Crippen LogP contribution in [0.5, 0.6) is 0 Å². The van der Waals surface area contributed by atoms with E-state index in [1.807, 2.05) is 237 Å². The van der Waals surface area contributed by atoms with Gasteiger partial charge in [0.2, 0.25) is 5.52 Å². The first-order chi connectivity index (χ1) is 58.8. The first-order valence-electron chi connectivity index (χ1n) is 40.3. The van der Waals surface area contributed by atoms with Crippen molar-refractivity contribution in [1.29, 1.82) is 0 Å². The number of rotatable bonds is 11. The summed E-state index contributed by atoms with van der Waals surface area (Å²) in [6.45, 7) is 37.4. The van der Waals surface area contributed by atoms with Crippen molar-refractivity contribution in [2.75, 3.05) is 26.8 Å². The maximum atomic E-state index is 14.8. The normalized spacial score (nSPS) is 11.0. The van der Waals surface area contributed by atoms with Crippen LogP contribution >= 0.6 is 10.7 Å². The van der Waals surface area contributed by atoms with Gasteiger partial charge in [-0.3, -0.25) is 14.7 Å². The van der Waals surface area contributed by atoms with Gasteiger partial charge >= 0.3 is 0 Å². The first kappa shape index (κ1) is 115. The van der Waals surface area contributed by atoms with Crippen LogP contribution in [0.4, 0.5) is 37.9 Å². The summed E-state index contributed by atoms with van der Waals surface area (Å²) in [5.74, 6) is 2.00. The second kappa shape index (κ2) is 46.2. The van der Waals surface area contributed by atoms with E-state index in [0.29, 0.717) is 39.7 Å². The molecule has 0 aliphatic carbocycles. The van der Waals surface area contributed by atoms with Gasteiger partial charge in [-0.25, -0.2) is 59.0 Å². The molecular formula is C104H139ClF2N20O5S2. The van der Waals surface area contributed by atoms with E-state index in [-0.39, 0.29) is 98.9 Å². The van der Waals surface area contributed by atoms with E-state index in [0.717, 1.165) is 134 Å². The number of hydrogen-bond donors (Lipinski definition) is 5. The molecule has 7 aromatic carbocycles. The molecular weight excluding hydrogens is 1750 g/mol. The fourth-order valence-electron chi connectivity index (χ4n) is 14.1. The zero-order chi connectivity index (χ0) is 90.6. The maximum absolute atomic E-state index is 14.8. The number of aryl methyl sites for hydroxylation is 7. The molecule has 30 heteroatoms. The number of fused-ring (bicyclic) bond motifs is 5. The first-order valence-corrected chi connectivity index (χ1v) is 44.1. The van der Waals surface area contributed by atoms with E-state index >= 15 is 0 Å². The van der Waals surface area contributed by atoms with Crippen molar-refractivity contribution in [3.63, 3.8) is 0 Å². The monoisotopic (exact) mass is 1890 g/mol. The van der Waals surface area contributed by atoms with Crippen molar-refractivity contribution in [1.82, 2.24) is 68.8 Å². The van der Waals surface area contributed by atoms with E-state index < -0.39 is 36.1 Å². The summed E-state index contributed by atoms with van der Waals surface area (Å²) in [4.78, 5) is 17.7. The van der Waals surface area contributed by atoms with Gasteiger partial charge in [0.25, 0.3) is 19.1 Å². The summed E-state index contributed by atoms with van der Waals surface area (Å²) in [5, 5.41) is 45.8. The lowest BCUT2D eigenvalue weighted by molar-refractivity contribution is -0.577. The molecule has 17 rings (SSSR count). The number of nitrogens with two attached hydrogens (primary N) is 2. The molecule has 10 aromatic heterocycles. The van der Waals surface area contributed by atoms with Crippen molar-refractivity contribution in [2.45, 2.75) is 230 Å². The lowest BCUT2D eigenvalue weighted by Crippen LogP contribution is -2.26. The summed E-state index contributed by atoms with van der Waals surface area (Å²) in [6.07, 6.45) is 5.10. The van der Waals surface area contributed by atoms with Crippen LogP contribution in [0.2, 0.25) is 0 Å². The molecule has 718 valence electrons. The van der Waals surface area contributed by atoms with Crippen molar-refractivity contribution in [3.8, 4) is 28.4 Å². The Kier molecular flexibility index (Phi) is 39.6. The summed E-state index contributed by atoms with van der Waals surface area (Å²) in [6, 6.07) is 66.0. The van der Waals surface area contributed by atoms with Gasteiger partial charge < -0.3 is 27.3 Å². The van der Waals surface area contributed by atoms with E-state index in [9.17, 15) is 30.8 Å². The number of anilines is 5. The Hall–Kier alpha value is -13.5. The molecule has 10 heterocycles. The van der Waals surface area contributed by atoms with Crippen molar-refractivity contribution in [2.24, 2.45) is 0 Å². The molecule has 0 saturated carbocycles. The molecule has 0 atom stereocenters. The van der Waals surface area contributed by atoms with E-state index in [1.54, 1.807) is 34.6 Å². The Morgan fingerprint density at radius 3 is 1.08 bits per heavy atom. The highest BCUT2D eigenvalue weighted by Gasteiger charge is 2.26. The van der Waals surface area contributed by atoms with Gasteiger partial charge in [-0.05, 0) is 258 Å². The fourth-order valence-corrected chi connectivity index (χ4v) is 15.9. The van der Waals surface area contributed by atoms with E-state index in [2.05, 4.69) is 124 Å². The van der Waals surface area contributed by atoms with Crippen LogP contribution in [0.1, 0.15) is 201 Å². The minimum Gasteiger partial charge on any atom is -0.618 e.